The van der Waals surface area contributed by atoms with Crippen molar-refractivity contribution in [1.82, 2.24) is 10.2 Å². The van der Waals surface area contributed by atoms with Gasteiger partial charge in [-0.2, -0.15) is 0 Å². The quantitative estimate of drug-likeness (QED) is 0.570. The molecule has 10 heteroatoms. The highest BCUT2D eigenvalue weighted by molar-refractivity contribution is 7.92. The lowest BCUT2D eigenvalue weighted by molar-refractivity contribution is -0.140. The zero-order valence-corrected chi connectivity index (χ0v) is 20.8. The van der Waals surface area contributed by atoms with Gasteiger partial charge in [-0.15, -0.1) is 0 Å². The lowest BCUT2D eigenvalue weighted by atomic mass is 10.1. The molecule has 7 nitrogen and oxygen atoms in total. The van der Waals surface area contributed by atoms with Gasteiger partial charge in [-0.25, -0.2) is 8.42 Å². The topological polar surface area (TPSA) is 86.8 Å². The number of sulfonamides is 1. The molecular weight excluding hydrogens is 473 g/mol. The van der Waals surface area contributed by atoms with Crippen LogP contribution in [-0.4, -0.2) is 51.0 Å². The van der Waals surface area contributed by atoms with Crippen molar-refractivity contribution in [3.05, 3.63) is 63.6 Å². The molecule has 1 atom stereocenters. The average molecular weight is 500 g/mol. The van der Waals surface area contributed by atoms with E-state index in [2.05, 4.69) is 5.32 Å². The second kappa shape index (κ2) is 11.0. The maximum Gasteiger partial charge on any atom is 0.244 e. The highest BCUT2D eigenvalue weighted by Crippen LogP contribution is 2.27. The Morgan fingerprint density at radius 3 is 2.19 bits per heavy atom. The number of hydrogen-bond acceptors (Lipinski definition) is 4. The number of anilines is 1. The van der Waals surface area contributed by atoms with E-state index >= 15 is 0 Å². The minimum absolute atomic E-state index is 0.119. The van der Waals surface area contributed by atoms with Crippen LogP contribution in [0.25, 0.3) is 0 Å². The first kappa shape index (κ1) is 26.0. The standard InChI is InChI=1S/C22H27Cl2N3O4S/c1-5-19(22(29)25-3)26(13-16-7-10-17(23)11-8-16)21(28)14-27(32(4,30)31)20-12-18(24)9-6-15(20)2/h6-12,19H,5,13-14H2,1-4H3,(H,25,29)/t19-/m1/s1. The molecule has 2 aromatic carbocycles. The SMILES string of the molecule is CC[C@H](C(=O)NC)N(Cc1ccc(Cl)cc1)C(=O)CN(c1cc(Cl)ccc1C)S(C)(=O)=O. The summed E-state index contributed by atoms with van der Waals surface area (Å²) in [6.07, 6.45) is 1.38. The van der Waals surface area contributed by atoms with E-state index in [-0.39, 0.29) is 12.5 Å². The van der Waals surface area contributed by atoms with Crippen molar-refractivity contribution in [1.29, 1.82) is 0 Å². The van der Waals surface area contributed by atoms with Crippen molar-refractivity contribution in [3.63, 3.8) is 0 Å². The number of benzene rings is 2. The van der Waals surface area contributed by atoms with Crippen LogP contribution in [-0.2, 0) is 26.2 Å². The van der Waals surface area contributed by atoms with E-state index in [4.69, 9.17) is 23.2 Å². The number of aryl methyl sites for hydroxylation is 1. The average Bonchev–Trinajstić information content (AvgIpc) is 2.73. The number of likely N-dealkylation sites (N-methyl/N-ethyl adjacent to an activating group) is 1. The predicted octanol–water partition coefficient (Wildman–Crippen LogP) is 3.62. The monoisotopic (exact) mass is 499 g/mol. The lowest BCUT2D eigenvalue weighted by Gasteiger charge is -2.33. The summed E-state index contributed by atoms with van der Waals surface area (Å²) in [6, 6.07) is 11.0. The highest BCUT2D eigenvalue weighted by atomic mass is 35.5. The Balaban J connectivity index is 2.46. The van der Waals surface area contributed by atoms with Crippen molar-refractivity contribution < 1.29 is 18.0 Å². The first-order valence-electron chi connectivity index (χ1n) is 9.97. The molecule has 0 saturated heterocycles. The summed E-state index contributed by atoms with van der Waals surface area (Å²) in [5.41, 5.74) is 1.72. The third-order valence-electron chi connectivity index (χ3n) is 5.02. The van der Waals surface area contributed by atoms with Crippen LogP contribution < -0.4 is 9.62 Å². The lowest BCUT2D eigenvalue weighted by Crippen LogP contribution is -2.51. The minimum atomic E-state index is -3.81. The Bertz CT molecular complexity index is 1080. The number of rotatable bonds is 9. The fourth-order valence-electron chi connectivity index (χ4n) is 3.32. The van der Waals surface area contributed by atoms with E-state index in [1.54, 1.807) is 50.2 Å². The number of carbonyl (C=O) groups excluding carboxylic acids is 2. The molecule has 0 saturated carbocycles. The molecule has 2 rings (SSSR count). The van der Waals surface area contributed by atoms with Crippen LogP contribution in [0, 0.1) is 6.92 Å². The summed E-state index contributed by atoms with van der Waals surface area (Å²) in [6.45, 7) is 3.17. The third-order valence-corrected chi connectivity index (χ3v) is 6.63. The molecule has 0 radical (unpaired) electrons. The number of hydrogen-bond donors (Lipinski definition) is 1. The van der Waals surface area contributed by atoms with Crippen LogP contribution in [0.2, 0.25) is 10.0 Å². The second-order valence-electron chi connectivity index (χ2n) is 7.39. The Morgan fingerprint density at radius 1 is 1.06 bits per heavy atom. The van der Waals surface area contributed by atoms with Crippen LogP contribution in [0.1, 0.15) is 24.5 Å². The molecule has 1 N–H and O–H groups in total. The molecule has 2 aromatic rings. The largest absolute Gasteiger partial charge is 0.357 e. The first-order chi connectivity index (χ1) is 15.0. The second-order valence-corrected chi connectivity index (χ2v) is 10.2. The van der Waals surface area contributed by atoms with Gasteiger partial charge in [-0.05, 0) is 48.7 Å². The van der Waals surface area contributed by atoms with Crippen LogP contribution in [0.4, 0.5) is 5.69 Å². The Labute approximate surface area is 199 Å². The van der Waals surface area contributed by atoms with Gasteiger partial charge in [0.2, 0.25) is 21.8 Å². The van der Waals surface area contributed by atoms with E-state index in [9.17, 15) is 18.0 Å². The first-order valence-corrected chi connectivity index (χ1v) is 12.6. The highest BCUT2D eigenvalue weighted by Gasteiger charge is 2.31. The zero-order chi connectivity index (χ0) is 24.1. The maximum absolute atomic E-state index is 13.4. The van der Waals surface area contributed by atoms with Crippen LogP contribution in [0.15, 0.2) is 42.5 Å². The smallest absolute Gasteiger partial charge is 0.244 e. The van der Waals surface area contributed by atoms with Crippen molar-refractivity contribution >= 4 is 50.7 Å². The molecule has 0 aliphatic heterocycles. The number of amides is 2. The van der Waals surface area contributed by atoms with Crippen molar-refractivity contribution in [2.45, 2.75) is 32.9 Å². The molecule has 0 aromatic heterocycles. The molecule has 0 fully saturated rings. The molecular formula is C22H27Cl2N3O4S. The summed E-state index contributed by atoms with van der Waals surface area (Å²) in [7, 11) is -2.32. The third kappa shape index (κ3) is 6.60. The molecule has 0 spiro atoms. The fraction of sp³-hybridized carbons (Fsp3) is 0.364. The predicted molar refractivity (Wildman–Crippen MR) is 129 cm³/mol. The Kier molecular flexibility index (Phi) is 8.95. The molecule has 0 aliphatic rings. The van der Waals surface area contributed by atoms with Crippen molar-refractivity contribution in [2.24, 2.45) is 0 Å². The number of nitrogens with zero attached hydrogens (tertiary/aromatic N) is 2. The molecule has 174 valence electrons. The van der Waals surface area contributed by atoms with E-state index in [0.29, 0.717) is 27.7 Å². The van der Waals surface area contributed by atoms with Crippen LogP contribution in [0.5, 0.6) is 0 Å². The van der Waals surface area contributed by atoms with Gasteiger partial charge < -0.3 is 10.2 Å². The summed E-state index contributed by atoms with van der Waals surface area (Å²) in [5, 5.41) is 3.47. The van der Waals surface area contributed by atoms with Crippen molar-refractivity contribution in [2.75, 3.05) is 24.2 Å². The molecule has 2 amide bonds. The Morgan fingerprint density at radius 2 is 1.66 bits per heavy atom. The Hall–Kier alpha value is -2.29. The maximum atomic E-state index is 13.4. The molecule has 0 aliphatic carbocycles. The van der Waals surface area contributed by atoms with E-state index < -0.39 is 28.5 Å². The minimum Gasteiger partial charge on any atom is -0.357 e. The molecule has 0 unspecified atom stereocenters. The van der Waals surface area contributed by atoms with Crippen LogP contribution >= 0.6 is 23.2 Å². The fourth-order valence-corrected chi connectivity index (χ4v) is 4.51. The number of halogens is 2. The van der Waals surface area contributed by atoms with Crippen LogP contribution in [0.3, 0.4) is 0 Å². The summed E-state index contributed by atoms with van der Waals surface area (Å²) in [5.74, 6) is -0.847. The number of carbonyl (C=O) groups is 2. The molecule has 0 bridgehead atoms. The van der Waals surface area contributed by atoms with E-state index in [1.807, 2.05) is 0 Å². The van der Waals surface area contributed by atoms with Gasteiger partial charge in [0.1, 0.15) is 12.6 Å². The van der Waals surface area contributed by atoms with Gasteiger partial charge in [0.05, 0.1) is 11.9 Å². The van der Waals surface area contributed by atoms with Gasteiger partial charge in [0.25, 0.3) is 0 Å². The van der Waals surface area contributed by atoms with Gasteiger partial charge in [0.15, 0.2) is 0 Å². The van der Waals surface area contributed by atoms with Gasteiger partial charge >= 0.3 is 0 Å². The van der Waals surface area contributed by atoms with E-state index in [0.717, 1.165) is 16.1 Å². The van der Waals surface area contributed by atoms with Gasteiger partial charge in [-0.1, -0.05) is 48.3 Å². The molecule has 32 heavy (non-hydrogen) atoms. The zero-order valence-electron chi connectivity index (χ0n) is 18.4. The van der Waals surface area contributed by atoms with Crippen molar-refractivity contribution in [3.8, 4) is 0 Å². The summed E-state index contributed by atoms with van der Waals surface area (Å²) in [4.78, 5) is 27.3. The number of nitrogens with one attached hydrogen (secondary N) is 1. The summed E-state index contributed by atoms with van der Waals surface area (Å²) >= 11 is 12.0. The van der Waals surface area contributed by atoms with Gasteiger partial charge in [-0.3, -0.25) is 13.9 Å². The van der Waals surface area contributed by atoms with Gasteiger partial charge in [0, 0.05) is 23.6 Å². The molecule has 0 heterocycles. The van der Waals surface area contributed by atoms with E-state index in [1.165, 1.54) is 18.0 Å². The normalized spacial score (nSPS) is 12.2. The summed E-state index contributed by atoms with van der Waals surface area (Å²) < 4.78 is 26.2.